The van der Waals surface area contributed by atoms with Crippen molar-refractivity contribution in [2.24, 2.45) is 11.7 Å². The van der Waals surface area contributed by atoms with Gasteiger partial charge in [-0.05, 0) is 38.5 Å². The minimum Gasteiger partial charge on any atom is -0.368 e. The Hall–Kier alpha value is -0.570. The zero-order chi connectivity index (χ0) is 12.3. The normalized spacial score (nSPS) is 26.9. The Morgan fingerprint density at radius 3 is 2.12 bits per heavy atom. The molecule has 0 heterocycles. The fraction of sp³-hybridized carbons (Fsp3) is 0.929. The number of nitrogens with one attached hydrogen (secondary N) is 1. The maximum absolute atomic E-state index is 11.8. The third-order valence-corrected chi connectivity index (χ3v) is 4.79. The second kappa shape index (κ2) is 5.38. The zero-order valence-electron chi connectivity index (χ0n) is 11.0. The first kappa shape index (κ1) is 12.9. The molecular formula is C14H26N2O. The summed E-state index contributed by atoms with van der Waals surface area (Å²) in [4.78, 5) is 11.8. The molecule has 2 saturated carbocycles. The molecule has 1 amide bonds. The van der Waals surface area contributed by atoms with Crippen LogP contribution in [0.5, 0.6) is 0 Å². The van der Waals surface area contributed by atoms with E-state index in [1.807, 2.05) is 6.92 Å². The molecule has 0 spiro atoms. The molecule has 17 heavy (non-hydrogen) atoms. The van der Waals surface area contributed by atoms with Crippen LogP contribution in [-0.4, -0.2) is 17.5 Å². The van der Waals surface area contributed by atoms with Gasteiger partial charge >= 0.3 is 0 Å². The van der Waals surface area contributed by atoms with Gasteiger partial charge in [-0.2, -0.15) is 0 Å². The lowest BCUT2D eigenvalue weighted by molar-refractivity contribution is -0.126. The lowest BCUT2D eigenvalue weighted by atomic mass is 9.81. The largest absolute Gasteiger partial charge is 0.368 e. The summed E-state index contributed by atoms with van der Waals surface area (Å²) in [6.45, 7) is 2.03. The number of rotatable bonds is 4. The van der Waals surface area contributed by atoms with Gasteiger partial charge in [-0.1, -0.05) is 32.1 Å². The third kappa shape index (κ3) is 2.82. The summed E-state index contributed by atoms with van der Waals surface area (Å²) in [5.74, 6) is 0.289. The van der Waals surface area contributed by atoms with Crippen LogP contribution in [0.4, 0.5) is 0 Å². The second-order valence-electron chi connectivity index (χ2n) is 6.03. The first-order valence-electron chi connectivity index (χ1n) is 7.20. The van der Waals surface area contributed by atoms with Crippen LogP contribution in [-0.2, 0) is 4.79 Å². The maximum atomic E-state index is 11.8. The summed E-state index contributed by atoms with van der Waals surface area (Å²) in [6, 6.07) is 0.502. The van der Waals surface area contributed by atoms with Crippen molar-refractivity contribution >= 4 is 5.91 Å². The highest BCUT2D eigenvalue weighted by molar-refractivity contribution is 5.84. The summed E-state index contributed by atoms with van der Waals surface area (Å²) < 4.78 is 0. The molecule has 1 atom stereocenters. The van der Waals surface area contributed by atoms with Gasteiger partial charge in [-0.3, -0.25) is 4.79 Å². The maximum Gasteiger partial charge on any atom is 0.237 e. The van der Waals surface area contributed by atoms with Crippen molar-refractivity contribution in [3.63, 3.8) is 0 Å². The molecule has 0 aliphatic heterocycles. The minimum absolute atomic E-state index is 0.157. The van der Waals surface area contributed by atoms with E-state index in [9.17, 15) is 4.79 Å². The third-order valence-electron chi connectivity index (χ3n) is 4.79. The van der Waals surface area contributed by atoms with Crippen LogP contribution in [0.3, 0.4) is 0 Å². The highest BCUT2D eigenvalue weighted by Crippen LogP contribution is 2.35. The predicted octanol–water partition coefficient (Wildman–Crippen LogP) is 2.34. The van der Waals surface area contributed by atoms with Gasteiger partial charge in [-0.15, -0.1) is 0 Å². The van der Waals surface area contributed by atoms with Gasteiger partial charge < -0.3 is 11.1 Å². The number of hydrogen-bond donors (Lipinski definition) is 2. The van der Waals surface area contributed by atoms with Crippen LogP contribution in [0.25, 0.3) is 0 Å². The van der Waals surface area contributed by atoms with Gasteiger partial charge in [0.1, 0.15) is 0 Å². The molecule has 2 rings (SSSR count). The van der Waals surface area contributed by atoms with E-state index in [1.165, 1.54) is 44.9 Å². The van der Waals surface area contributed by atoms with Gasteiger partial charge in [0.15, 0.2) is 0 Å². The first-order valence-corrected chi connectivity index (χ1v) is 7.20. The summed E-state index contributed by atoms with van der Waals surface area (Å²) in [7, 11) is 0. The van der Waals surface area contributed by atoms with Crippen LogP contribution in [0.1, 0.15) is 64.7 Å². The zero-order valence-corrected chi connectivity index (χ0v) is 11.0. The topological polar surface area (TPSA) is 55.1 Å². The van der Waals surface area contributed by atoms with Gasteiger partial charge in [0.25, 0.3) is 0 Å². The fourth-order valence-electron chi connectivity index (χ4n) is 3.56. The van der Waals surface area contributed by atoms with E-state index in [0.717, 1.165) is 12.8 Å². The monoisotopic (exact) mass is 238 g/mol. The number of carbonyl (C=O) groups excluding carboxylic acids is 1. The average molecular weight is 238 g/mol. The van der Waals surface area contributed by atoms with Crippen molar-refractivity contribution in [1.29, 1.82) is 0 Å². The van der Waals surface area contributed by atoms with Crippen molar-refractivity contribution < 1.29 is 4.79 Å². The molecule has 2 aliphatic rings. The van der Waals surface area contributed by atoms with Crippen molar-refractivity contribution in [2.75, 3.05) is 0 Å². The van der Waals surface area contributed by atoms with E-state index in [0.29, 0.717) is 12.0 Å². The highest BCUT2D eigenvalue weighted by atomic mass is 16.1. The summed E-state index contributed by atoms with van der Waals surface area (Å²) in [5, 5.41) is 3.60. The molecule has 98 valence electrons. The molecular weight excluding hydrogens is 212 g/mol. The molecule has 2 aliphatic carbocycles. The van der Waals surface area contributed by atoms with E-state index in [2.05, 4.69) is 5.32 Å². The molecule has 3 nitrogen and oxygen atoms in total. The Bertz CT molecular complexity index is 267. The SMILES string of the molecule is CC(NC1CCCCC1)(C(N)=O)C1CCCC1. The molecule has 0 saturated heterocycles. The number of nitrogens with two attached hydrogens (primary N) is 1. The van der Waals surface area contributed by atoms with Crippen LogP contribution in [0, 0.1) is 5.92 Å². The van der Waals surface area contributed by atoms with E-state index in [1.54, 1.807) is 0 Å². The van der Waals surface area contributed by atoms with Crippen LogP contribution in [0.2, 0.25) is 0 Å². The number of primary amides is 1. The van der Waals surface area contributed by atoms with Crippen molar-refractivity contribution in [2.45, 2.75) is 76.3 Å². The number of amides is 1. The lowest BCUT2D eigenvalue weighted by Gasteiger charge is -2.38. The van der Waals surface area contributed by atoms with Gasteiger partial charge in [0.05, 0.1) is 5.54 Å². The molecule has 3 N–H and O–H groups in total. The number of hydrogen-bond acceptors (Lipinski definition) is 2. The first-order chi connectivity index (χ1) is 8.13. The van der Waals surface area contributed by atoms with Crippen molar-refractivity contribution in [3.8, 4) is 0 Å². The Morgan fingerprint density at radius 2 is 1.59 bits per heavy atom. The Morgan fingerprint density at radius 1 is 1.06 bits per heavy atom. The van der Waals surface area contributed by atoms with Crippen LogP contribution < -0.4 is 11.1 Å². The predicted molar refractivity (Wildman–Crippen MR) is 69.6 cm³/mol. The number of carbonyl (C=O) groups is 1. The molecule has 2 fully saturated rings. The van der Waals surface area contributed by atoms with E-state index >= 15 is 0 Å². The van der Waals surface area contributed by atoms with E-state index in [4.69, 9.17) is 5.73 Å². The molecule has 0 aromatic rings. The smallest absolute Gasteiger partial charge is 0.237 e. The molecule has 3 heteroatoms. The lowest BCUT2D eigenvalue weighted by Crippen LogP contribution is -2.60. The highest BCUT2D eigenvalue weighted by Gasteiger charge is 2.42. The average Bonchev–Trinajstić information content (AvgIpc) is 2.84. The van der Waals surface area contributed by atoms with Gasteiger partial charge in [0, 0.05) is 6.04 Å². The fourth-order valence-corrected chi connectivity index (χ4v) is 3.56. The standard InChI is InChI=1S/C14H26N2O/c1-14(13(15)17,11-7-5-6-8-11)16-12-9-3-2-4-10-12/h11-12,16H,2-10H2,1H3,(H2,15,17). The Labute approximate surface area is 105 Å². The summed E-state index contributed by atoms with van der Waals surface area (Å²) in [6.07, 6.45) is 11.1. The summed E-state index contributed by atoms with van der Waals surface area (Å²) in [5.41, 5.74) is 5.19. The molecule has 0 radical (unpaired) electrons. The second-order valence-corrected chi connectivity index (χ2v) is 6.03. The van der Waals surface area contributed by atoms with Crippen LogP contribution in [0.15, 0.2) is 0 Å². The quantitative estimate of drug-likeness (QED) is 0.790. The molecule has 0 aromatic heterocycles. The van der Waals surface area contributed by atoms with Crippen LogP contribution >= 0.6 is 0 Å². The van der Waals surface area contributed by atoms with E-state index < -0.39 is 5.54 Å². The molecule has 0 bridgehead atoms. The Balaban J connectivity index is 2.02. The molecule has 1 unspecified atom stereocenters. The Kier molecular flexibility index (Phi) is 4.08. The van der Waals surface area contributed by atoms with Gasteiger partial charge in [-0.25, -0.2) is 0 Å². The van der Waals surface area contributed by atoms with E-state index in [-0.39, 0.29) is 5.91 Å². The minimum atomic E-state index is -0.474. The molecule has 0 aromatic carbocycles. The summed E-state index contributed by atoms with van der Waals surface area (Å²) >= 11 is 0. The van der Waals surface area contributed by atoms with Crippen molar-refractivity contribution in [3.05, 3.63) is 0 Å². The van der Waals surface area contributed by atoms with Crippen molar-refractivity contribution in [1.82, 2.24) is 5.32 Å². The van der Waals surface area contributed by atoms with Gasteiger partial charge in [0.2, 0.25) is 5.91 Å².